The van der Waals surface area contributed by atoms with Crippen LogP contribution in [-0.4, -0.2) is 22.1 Å². The lowest BCUT2D eigenvalue weighted by molar-refractivity contribution is -0.143. The molecular formula is C13H25N3O3. The molecule has 1 aromatic heterocycles. The van der Waals surface area contributed by atoms with Crippen LogP contribution in [0.4, 0.5) is 5.82 Å². The van der Waals surface area contributed by atoms with E-state index in [9.17, 15) is 9.59 Å². The fourth-order valence-electron chi connectivity index (χ4n) is 1.07. The van der Waals surface area contributed by atoms with E-state index in [4.69, 9.17) is 10.5 Å². The summed E-state index contributed by atoms with van der Waals surface area (Å²) in [4.78, 5) is 26.0. The smallest absolute Gasteiger partial charge is 0.350 e. The Balaban J connectivity index is 0. The molecule has 0 aliphatic carbocycles. The fraction of sp³-hybridized carbons (Fsp3) is 0.615. The van der Waals surface area contributed by atoms with Crippen molar-refractivity contribution in [2.75, 3.05) is 12.3 Å². The third-order valence-electron chi connectivity index (χ3n) is 1.82. The highest BCUT2D eigenvalue weighted by Crippen LogP contribution is 2.01. The Morgan fingerprint density at radius 2 is 1.89 bits per heavy atom. The molecule has 0 bridgehead atoms. The number of ether oxygens (including phenoxy) is 1. The number of esters is 1. The number of anilines is 1. The van der Waals surface area contributed by atoms with Gasteiger partial charge < -0.3 is 10.5 Å². The number of hydrogen-bond donors (Lipinski definition) is 1. The van der Waals surface area contributed by atoms with Crippen molar-refractivity contribution in [3.63, 3.8) is 0 Å². The lowest BCUT2D eigenvalue weighted by atomic mass is 10.3. The van der Waals surface area contributed by atoms with Crippen LogP contribution in [0.1, 0.15) is 40.2 Å². The van der Waals surface area contributed by atoms with Crippen molar-refractivity contribution in [3.05, 3.63) is 22.2 Å². The lowest BCUT2D eigenvalue weighted by Gasteiger charge is -2.06. The highest BCUT2D eigenvalue weighted by Gasteiger charge is 2.07. The monoisotopic (exact) mass is 271 g/mol. The third-order valence-corrected chi connectivity index (χ3v) is 1.82. The maximum Gasteiger partial charge on any atom is 0.350 e. The molecule has 110 valence electrons. The van der Waals surface area contributed by atoms with Gasteiger partial charge in [-0.15, -0.1) is 0 Å². The van der Waals surface area contributed by atoms with Gasteiger partial charge in [-0.1, -0.05) is 27.7 Å². The second-order valence-electron chi connectivity index (χ2n) is 3.02. The second kappa shape index (κ2) is 11.3. The molecule has 1 rings (SSSR count). The van der Waals surface area contributed by atoms with Gasteiger partial charge in [0.25, 0.3) is 0 Å². The van der Waals surface area contributed by atoms with Crippen LogP contribution in [0.2, 0.25) is 0 Å². The second-order valence-corrected chi connectivity index (χ2v) is 3.02. The summed E-state index contributed by atoms with van der Waals surface area (Å²) in [7, 11) is 0. The molecule has 0 atom stereocenters. The maximum absolute atomic E-state index is 11.3. The highest BCUT2D eigenvalue weighted by atomic mass is 16.5. The van der Waals surface area contributed by atoms with Crippen LogP contribution in [0.25, 0.3) is 0 Å². The largest absolute Gasteiger partial charge is 0.465 e. The van der Waals surface area contributed by atoms with E-state index in [0.29, 0.717) is 5.56 Å². The Morgan fingerprint density at radius 3 is 2.37 bits per heavy atom. The number of carbonyl (C=O) groups is 1. The normalized spacial score (nSPS) is 8.53. The van der Waals surface area contributed by atoms with Crippen molar-refractivity contribution in [2.45, 2.75) is 48.1 Å². The Morgan fingerprint density at radius 1 is 1.37 bits per heavy atom. The summed E-state index contributed by atoms with van der Waals surface area (Å²) < 4.78 is 5.88. The summed E-state index contributed by atoms with van der Waals surface area (Å²) >= 11 is 0. The molecule has 0 amide bonds. The molecule has 0 radical (unpaired) electrons. The van der Waals surface area contributed by atoms with Crippen LogP contribution in [-0.2, 0) is 16.1 Å². The summed E-state index contributed by atoms with van der Waals surface area (Å²) in [6.45, 7) is 11.6. The van der Waals surface area contributed by atoms with Crippen LogP contribution in [0.15, 0.2) is 11.0 Å². The first-order valence-electron chi connectivity index (χ1n) is 6.53. The van der Waals surface area contributed by atoms with E-state index in [2.05, 4.69) is 4.98 Å². The minimum absolute atomic E-state index is 0.138. The summed E-state index contributed by atoms with van der Waals surface area (Å²) in [6.07, 6.45) is 1.49. The summed E-state index contributed by atoms with van der Waals surface area (Å²) in [5.74, 6) is -0.286. The van der Waals surface area contributed by atoms with Gasteiger partial charge in [-0.25, -0.2) is 4.79 Å². The molecule has 0 spiro atoms. The van der Waals surface area contributed by atoms with E-state index in [1.165, 1.54) is 10.8 Å². The van der Waals surface area contributed by atoms with Crippen LogP contribution >= 0.6 is 0 Å². The number of hydrogen-bond acceptors (Lipinski definition) is 5. The Kier molecular flexibility index (Phi) is 11.5. The SMILES string of the molecule is CC.CC.CCOC(=O)Cn1cc(C)c(N)nc1=O. The van der Waals surface area contributed by atoms with E-state index in [0.717, 1.165) is 0 Å². The molecule has 1 aromatic rings. The molecule has 0 unspecified atom stereocenters. The first-order valence-corrected chi connectivity index (χ1v) is 6.53. The van der Waals surface area contributed by atoms with E-state index in [1.54, 1.807) is 13.8 Å². The van der Waals surface area contributed by atoms with Crippen LogP contribution in [0.5, 0.6) is 0 Å². The van der Waals surface area contributed by atoms with Gasteiger partial charge in [0.1, 0.15) is 12.4 Å². The first kappa shape index (κ1) is 19.5. The van der Waals surface area contributed by atoms with E-state index < -0.39 is 11.7 Å². The van der Waals surface area contributed by atoms with Crippen molar-refractivity contribution in [2.24, 2.45) is 0 Å². The summed E-state index contributed by atoms with van der Waals surface area (Å²) in [5.41, 5.74) is 5.54. The Bertz CT molecular complexity index is 428. The average molecular weight is 271 g/mol. The zero-order chi connectivity index (χ0) is 15.4. The Hall–Kier alpha value is -1.85. The minimum atomic E-state index is -0.550. The Labute approximate surface area is 114 Å². The molecule has 0 aliphatic rings. The van der Waals surface area contributed by atoms with E-state index in [1.807, 2.05) is 27.7 Å². The van der Waals surface area contributed by atoms with Gasteiger partial charge in [0.15, 0.2) is 0 Å². The molecule has 2 N–H and O–H groups in total. The predicted octanol–water partition coefficient (Wildman–Crippen LogP) is 1.75. The molecule has 0 saturated heterocycles. The van der Waals surface area contributed by atoms with E-state index in [-0.39, 0.29) is 19.0 Å². The standard InChI is InChI=1S/C9H13N3O3.2C2H6/c1-3-15-7(13)5-12-4-6(2)8(10)11-9(12)14;2*1-2/h4H,3,5H2,1-2H3,(H2,10,11,14);2*1-2H3. The summed E-state index contributed by atoms with van der Waals surface area (Å²) in [5, 5.41) is 0. The van der Waals surface area contributed by atoms with Crippen LogP contribution < -0.4 is 11.4 Å². The molecule has 19 heavy (non-hydrogen) atoms. The quantitative estimate of drug-likeness (QED) is 0.846. The van der Waals surface area contributed by atoms with Crippen LogP contribution in [0, 0.1) is 6.92 Å². The van der Waals surface area contributed by atoms with Crippen molar-refractivity contribution < 1.29 is 9.53 Å². The average Bonchev–Trinajstić information content (AvgIpc) is 2.41. The van der Waals surface area contributed by atoms with Crippen molar-refractivity contribution in [1.29, 1.82) is 0 Å². The van der Waals surface area contributed by atoms with Crippen molar-refractivity contribution >= 4 is 11.8 Å². The van der Waals surface area contributed by atoms with Crippen molar-refractivity contribution in [1.82, 2.24) is 9.55 Å². The summed E-state index contributed by atoms with van der Waals surface area (Å²) in [6, 6.07) is 0. The lowest BCUT2D eigenvalue weighted by Crippen LogP contribution is -2.28. The molecule has 1 heterocycles. The molecule has 0 aromatic carbocycles. The van der Waals surface area contributed by atoms with Gasteiger partial charge in [-0.3, -0.25) is 9.36 Å². The van der Waals surface area contributed by atoms with Gasteiger partial charge >= 0.3 is 11.7 Å². The van der Waals surface area contributed by atoms with Crippen LogP contribution in [0.3, 0.4) is 0 Å². The van der Waals surface area contributed by atoms with Gasteiger partial charge in [0.05, 0.1) is 6.61 Å². The first-order chi connectivity index (χ1) is 9.04. The van der Waals surface area contributed by atoms with Gasteiger partial charge in [0, 0.05) is 11.8 Å². The zero-order valence-corrected chi connectivity index (χ0v) is 12.7. The number of nitrogens with zero attached hydrogens (tertiary/aromatic N) is 2. The maximum atomic E-state index is 11.3. The zero-order valence-electron chi connectivity index (χ0n) is 12.7. The molecule has 6 heteroatoms. The topological polar surface area (TPSA) is 87.2 Å². The number of nitrogens with two attached hydrogens (primary N) is 1. The minimum Gasteiger partial charge on any atom is -0.465 e. The fourth-order valence-corrected chi connectivity index (χ4v) is 1.07. The number of nitrogen functional groups attached to an aromatic ring is 1. The van der Waals surface area contributed by atoms with Gasteiger partial charge in [-0.05, 0) is 13.8 Å². The predicted molar refractivity (Wildman–Crippen MR) is 77.0 cm³/mol. The molecular weight excluding hydrogens is 246 g/mol. The number of aromatic nitrogens is 2. The third kappa shape index (κ3) is 7.23. The number of aryl methyl sites for hydroxylation is 1. The number of rotatable bonds is 3. The molecule has 0 fully saturated rings. The molecule has 6 nitrogen and oxygen atoms in total. The molecule has 0 saturated carbocycles. The highest BCUT2D eigenvalue weighted by molar-refractivity contribution is 5.69. The molecule has 0 aliphatic heterocycles. The van der Waals surface area contributed by atoms with E-state index >= 15 is 0 Å². The van der Waals surface area contributed by atoms with Gasteiger partial charge in [0.2, 0.25) is 0 Å². The van der Waals surface area contributed by atoms with Crippen molar-refractivity contribution in [3.8, 4) is 0 Å². The van der Waals surface area contributed by atoms with Gasteiger partial charge in [-0.2, -0.15) is 4.98 Å². The number of carbonyl (C=O) groups excluding carboxylic acids is 1.